The van der Waals surface area contributed by atoms with Gasteiger partial charge in [-0.2, -0.15) is 0 Å². The van der Waals surface area contributed by atoms with Gasteiger partial charge in [-0.05, 0) is 49.1 Å². The third kappa shape index (κ3) is 4.57. The lowest BCUT2D eigenvalue weighted by atomic mass is 10.0. The van der Waals surface area contributed by atoms with Crippen molar-refractivity contribution in [3.63, 3.8) is 0 Å². The number of hydrogen-bond donors (Lipinski definition) is 1. The molecule has 7 nitrogen and oxygen atoms in total. The average Bonchev–Trinajstić information content (AvgIpc) is 3.57. The number of hydrogen-bond acceptors (Lipinski definition) is 6. The summed E-state index contributed by atoms with van der Waals surface area (Å²) < 4.78 is 20.4. The zero-order valence-electron chi connectivity index (χ0n) is 20.8. The Balaban J connectivity index is 1.13. The van der Waals surface area contributed by atoms with Gasteiger partial charge in [-0.25, -0.2) is 4.39 Å². The molecule has 1 aliphatic carbocycles. The molecular formula is C28H30ClFN4O3. The number of benzene rings is 2. The van der Waals surface area contributed by atoms with Gasteiger partial charge in [0.25, 0.3) is 0 Å². The molecule has 194 valence electrons. The van der Waals surface area contributed by atoms with Crippen LogP contribution in [0.5, 0.6) is 0 Å². The molecule has 1 saturated carbocycles. The standard InChI is InChI=1S/C28H30ClFN4O3/c1-32-16-21(28(35)36)19-8-7-18(15-24(19)32)34-13-11-33(12-14-34)10-9-20-26(31-37-27(20)17-5-6-17)25-22(29)3-2-4-23(25)30/h2-4,7-8,15,17,21H,5-6,9-14,16H2,1H3,(H,35,36). The van der Waals surface area contributed by atoms with E-state index < -0.39 is 11.9 Å². The Kier molecular flexibility index (Phi) is 6.32. The first-order valence-electron chi connectivity index (χ1n) is 12.9. The summed E-state index contributed by atoms with van der Waals surface area (Å²) in [6.07, 6.45) is 2.89. The van der Waals surface area contributed by atoms with Crippen LogP contribution in [0.3, 0.4) is 0 Å². The van der Waals surface area contributed by atoms with Crippen molar-refractivity contribution in [2.75, 3.05) is 56.1 Å². The summed E-state index contributed by atoms with van der Waals surface area (Å²) in [5, 5.41) is 14.1. The molecule has 2 aliphatic heterocycles. The zero-order chi connectivity index (χ0) is 25.7. The summed E-state index contributed by atoms with van der Waals surface area (Å²) in [4.78, 5) is 18.4. The fourth-order valence-corrected chi connectivity index (χ4v) is 5.94. The molecule has 3 aromatic rings. The van der Waals surface area contributed by atoms with Crippen LogP contribution < -0.4 is 9.80 Å². The highest BCUT2D eigenvalue weighted by molar-refractivity contribution is 6.33. The topological polar surface area (TPSA) is 73.1 Å². The number of fused-ring (bicyclic) bond motifs is 1. The van der Waals surface area contributed by atoms with Crippen molar-refractivity contribution < 1.29 is 18.8 Å². The van der Waals surface area contributed by atoms with Gasteiger partial charge in [0, 0.05) is 69.2 Å². The van der Waals surface area contributed by atoms with E-state index in [1.165, 1.54) is 6.07 Å². The van der Waals surface area contributed by atoms with Crippen molar-refractivity contribution in [3.05, 3.63) is 64.1 Å². The minimum absolute atomic E-state index is 0.325. The first kappa shape index (κ1) is 24.2. The van der Waals surface area contributed by atoms with E-state index in [9.17, 15) is 14.3 Å². The number of anilines is 2. The maximum absolute atomic E-state index is 14.7. The van der Waals surface area contributed by atoms with Crippen molar-refractivity contribution in [1.82, 2.24) is 10.1 Å². The van der Waals surface area contributed by atoms with E-state index in [1.54, 1.807) is 12.1 Å². The fourth-order valence-electron chi connectivity index (χ4n) is 5.69. The van der Waals surface area contributed by atoms with Gasteiger partial charge < -0.3 is 19.4 Å². The van der Waals surface area contributed by atoms with E-state index in [-0.39, 0.29) is 5.82 Å². The van der Waals surface area contributed by atoms with Gasteiger partial charge in [0.05, 0.1) is 10.6 Å². The SMILES string of the molecule is CN1CC(C(=O)O)c2ccc(N3CCN(CCc4c(-c5c(F)cccc5Cl)noc4C4CC4)CC3)cc21. The number of nitrogens with zero attached hydrogens (tertiary/aromatic N) is 4. The first-order valence-corrected chi connectivity index (χ1v) is 13.3. The second-order valence-corrected chi connectivity index (χ2v) is 10.7. The summed E-state index contributed by atoms with van der Waals surface area (Å²) in [6, 6.07) is 10.8. The summed E-state index contributed by atoms with van der Waals surface area (Å²) in [6.45, 7) is 4.93. The Bertz CT molecular complexity index is 1310. The Labute approximate surface area is 220 Å². The number of aliphatic carboxylic acids is 1. The molecule has 0 amide bonds. The summed E-state index contributed by atoms with van der Waals surface area (Å²) in [7, 11) is 1.95. The highest BCUT2D eigenvalue weighted by Crippen LogP contribution is 2.45. The number of carbonyl (C=O) groups is 1. The van der Waals surface area contributed by atoms with Crippen LogP contribution in [0.1, 0.15) is 41.6 Å². The van der Waals surface area contributed by atoms with Crippen molar-refractivity contribution in [2.45, 2.75) is 31.1 Å². The van der Waals surface area contributed by atoms with Crippen molar-refractivity contribution in [3.8, 4) is 11.3 Å². The molecule has 2 aromatic carbocycles. The van der Waals surface area contributed by atoms with Gasteiger partial charge >= 0.3 is 5.97 Å². The second-order valence-electron chi connectivity index (χ2n) is 10.3. The van der Waals surface area contributed by atoms with Gasteiger partial charge in [0.15, 0.2) is 0 Å². The summed E-state index contributed by atoms with van der Waals surface area (Å²) in [5.74, 6) is -0.363. The number of aromatic nitrogens is 1. The molecule has 1 unspecified atom stereocenters. The number of carboxylic acid groups (broad SMARTS) is 1. The molecular weight excluding hydrogens is 495 g/mol. The van der Waals surface area contributed by atoms with Crippen LogP contribution in [-0.2, 0) is 11.2 Å². The summed E-state index contributed by atoms with van der Waals surface area (Å²) >= 11 is 6.36. The molecule has 6 rings (SSSR count). The van der Waals surface area contributed by atoms with Gasteiger partial charge in [-0.15, -0.1) is 0 Å². The minimum atomic E-state index is -0.773. The molecule has 3 aliphatic rings. The van der Waals surface area contributed by atoms with Gasteiger partial charge in [-0.3, -0.25) is 9.69 Å². The van der Waals surface area contributed by atoms with E-state index >= 15 is 0 Å². The van der Waals surface area contributed by atoms with Crippen molar-refractivity contribution in [2.24, 2.45) is 0 Å². The number of rotatable bonds is 7. The third-order valence-corrected chi connectivity index (χ3v) is 8.25. The Hall–Kier alpha value is -3.10. The van der Waals surface area contributed by atoms with Crippen LogP contribution in [0.4, 0.5) is 15.8 Å². The van der Waals surface area contributed by atoms with Crippen molar-refractivity contribution in [1.29, 1.82) is 0 Å². The number of piperazine rings is 1. The lowest BCUT2D eigenvalue weighted by molar-refractivity contribution is -0.138. The maximum atomic E-state index is 14.7. The molecule has 37 heavy (non-hydrogen) atoms. The first-order chi connectivity index (χ1) is 17.9. The molecule has 1 saturated heterocycles. The number of carboxylic acids is 1. The predicted octanol–water partition coefficient (Wildman–Crippen LogP) is 4.99. The molecule has 1 N–H and O–H groups in total. The van der Waals surface area contributed by atoms with Crippen LogP contribution in [0.25, 0.3) is 11.3 Å². The molecule has 3 heterocycles. The molecule has 9 heteroatoms. The highest BCUT2D eigenvalue weighted by Gasteiger charge is 2.34. The molecule has 1 aromatic heterocycles. The lowest BCUT2D eigenvalue weighted by Crippen LogP contribution is -2.47. The smallest absolute Gasteiger partial charge is 0.312 e. The highest BCUT2D eigenvalue weighted by atomic mass is 35.5. The normalized spacial score (nSPS) is 19.9. The lowest BCUT2D eigenvalue weighted by Gasteiger charge is -2.36. The van der Waals surface area contributed by atoms with Crippen molar-refractivity contribution >= 4 is 28.9 Å². The number of halogens is 2. The van der Waals surface area contributed by atoms with E-state index in [2.05, 4.69) is 21.0 Å². The predicted molar refractivity (Wildman–Crippen MR) is 141 cm³/mol. The quantitative estimate of drug-likeness (QED) is 0.466. The molecule has 0 bridgehead atoms. The van der Waals surface area contributed by atoms with Crippen LogP contribution in [-0.4, -0.2) is 67.4 Å². The largest absolute Gasteiger partial charge is 0.481 e. The maximum Gasteiger partial charge on any atom is 0.312 e. The van der Waals surface area contributed by atoms with Crippen LogP contribution in [0, 0.1) is 5.82 Å². The van der Waals surface area contributed by atoms with Crippen LogP contribution >= 0.6 is 11.6 Å². The molecule has 2 fully saturated rings. The van der Waals surface area contributed by atoms with Gasteiger partial charge in [-0.1, -0.05) is 28.9 Å². The molecule has 1 atom stereocenters. The number of likely N-dealkylation sites (N-methyl/N-ethyl adjacent to an activating group) is 1. The van der Waals surface area contributed by atoms with E-state index in [0.717, 1.165) is 80.2 Å². The average molecular weight is 525 g/mol. The molecule has 0 spiro atoms. The van der Waals surface area contributed by atoms with Crippen LogP contribution in [0.15, 0.2) is 40.9 Å². The van der Waals surface area contributed by atoms with E-state index in [1.807, 2.05) is 24.1 Å². The monoisotopic (exact) mass is 524 g/mol. The van der Waals surface area contributed by atoms with E-state index in [4.69, 9.17) is 16.1 Å². The Morgan fingerprint density at radius 3 is 2.68 bits per heavy atom. The zero-order valence-corrected chi connectivity index (χ0v) is 21.5. The second kappa shape index (κ2) is 9.65. The fraction of sp³-hybridized carbons (Fsp3) is 0.429. The van der Waals surface area contributed by atoms with Gasteiger partial charge in [0.2, 0.25) is 0 Å². The third-order valence-electron chi connectivity index (χ3n) is 7.94. The van der Waals surface area contributed by atoms with Gasteiger partial charge in [0.1, 0.15) is 23.2 Å². The van der Waals surface area contributed by atoms with E-state index in [0.29, 0.717) is 28.7 Å². The minimum Gasteiger partial charge on any atom is -0.481 e. The Morgan fingerprint density at radius 2 is 1.97 bits per heavy atom. The molecule has 0 radical (unpaired) electrons. The summed E-state index contributed by atoms with van der Waals surface area (Å²) in [5.41, 5.74) is 4.86. The van der Waals surface area contributed by atoms with Crippen LogP contribution in [0.2, 0.25) is 5.02 Å². The Morgan fingerprint density at radius 1 is 1.19 bits per heavy atom.